The van der Waals surface area contributed by atoms with Gasteiger partial charge in [-0.2, -0.15) is 0 Å². The van der Waals surface area contributed by atoms with Crippen LogP contribution in [-0.2, 0) is 0 Å². The van der Waals surface area contributed by atoms with Crippen LogP contribution in [-0.4, -0.2) is 50.3 Å². The summed E-state index contributed by atoms with van der Waals surface area (Å²) in [6.07, 6.45) is 1.04. The van der Waals surface area contributed by atoms with Gasteiger partial charge in [-0.25, -0.2) is 0 Å². The molecule has 2 N–H and O–H groups in total. The summed E-state index contributed by atoms with van der Waals surface area (Å²) in [7, 11) is 1.73. The zero-order valence-corrected chi connectivity index (χ0v) is 12.9. The van der Waals surface area contributed by atoms with E-state index in [4.69, 9.17) is 10.5 Å². The molecule has 0 atom stereocenters. The van der Waals surface area contributed by atoms with Gasteiger partial charge in [0.1, 0.15) is 5.75 Å². The normalized spacial score (nSPS) is 17.3. The number of benzene rings is 1. The second-order valence-corrected chi connectivity index (χ2v) is 6.24. The van der Waals surface area contributed by atoms with Crippen LogP contribution in [0, 0.1) is 0 Å². The summed E-state index contributed by atoms with van der Waals surface area (Å²) in [5.74, 6) is 0.962. The number of hydrogen-bond acceptors (Lipinski definition) is 4. The molecule has 1 aliphatic rings. The lowest BCUT2D eigenvalue weighted by atomic mass is 10.0. The molecule has 0 aliphatic carbocycles. The Morgan fingerprint density at radius 2 is 1.80 bits per heavy atom. The molecule has 0 spiro atoms. The van der Waals surface area contributed by atoms with Crippen molar-refractivity contribution in [1.29, 1.82) is 0 Å². The fourth-order valence-electron chi connectivity index (χ4n) is 2.55. The Labute approximate surface area is 122 Å². The second-order valence-electron chi connectivity index (χ2n) is 6.24. The molecule has 4 heteroatoms. The second kappa shape index (κ2) is 6.46. The van der Waals surface area contributed by atoms with Gasteiger partial charge in [0.25, 0.3) is 0 Å². The summed E-state index contributed by atoms with van der Waals surface area (Å²) in [4.78, 5) is 4.91. The van der Waals surface area contributed by atoms with E-state index in [1.54, 1.807) is 7.11 Å². The van der Waals surface area contributed by atoms with Gasteiger partial charge >= 0.3 is 0 Å². The number of hydrogen-bond donors (Lipinski definition) is 1. The summed E-state index contributed by atoms with van der Waals surface area (Å²) in [6.45, 7) is 9.55. The Morgan fingerprint density at radius 3 is 2.40 bits per heavy atom. The van der Waals surface area contributed by atoms with Crippen molar-refractivity contribution in [3.63, 3.8) is 0 Å². The van der Waals surface area contributed by atoms with Crippen LogP contribution in [0.3, 0.4) is 0 Å². The molecule has 0 saturated carbocycles. The predicted octanol–water partition coefficient (Wildman–Crippen LogP) is 1.94. The van der Waals surface area contributed by atoms with Gasteiger partial charge in [-0.3, -0.25) is 4.90 Å². The first-order chi connectivity index (χ1) is 9.49. The average molecular weight is 277 g/mol. The minimum absolute atomic E-state index is 0.0697. The summed E-state index contributed by atoms with van der Waals surface area (Å²) in [5, 5.41) is 0. The smallest absolute Gasteiger partial charge is 0.142 e. The van der Waals surface area contributed by atoms with Crippen LogP contribution in [0.25, 0.3) is 0 Å². The molecule has 112 valence electrons. The quantitative estimate of drug-likeness (QED) is 0.893. The lowest BCUT2D eigenvalue weighted by molar-refractivity contribution is 0.235. The van der Waals surface area contributed by atoms with Gasteiger partial charge in [0, 0.05) is 38.3 Å². The van der Waals surface area contributed by atoms with E-state index in [-0.39, 0.29) is 5.54 Å². The minimum Gasteiger partial charge on any atom is -0.495 e. The van der Waals surface area contributed by atoms with Crippen LogP contribution in [0.5, 0.6) is 5.75 Å². The molecule has 0 unspecified atom stereocenters. The van der Waals surface area contributed by atoms with Gasteiger partial charge < -0.3 is 15.4 Å². The number of para-hydroxylation sites is 2. The van der Waals surface area contributed by atoms with E-state index in [9.17, 15) is 0 Å². The number of nitrogens with two attached hydrogens (primary N) is 1. The third-order valence-corrected chi connectivity index (χ3v) is 3.87. The highest BCUT2D eigenvalue weighted by atomic mass is 16.5. The van der Waals surface area contributed by atoms with Crippen LogP contribution in [0.1, 0.15) is 20.3 Å². The van der Waals surface area contributed by atoms with Gasteiger partial charge in [0.15, 0.2) is 0 Å². The maximum Gasteiger partial charge on any atom is 0.142 e. The van der Waals surface area contributed by atoms with E-state index in [1.807, 2.05) is 12.1 Å². The molecule has 0 radical (unpaired) electrons. The van der Waals surface area contributed by atoms with Crippen molar-refractivity contribution in [2.45, 2.75) is 25.8 Å². The third kappa shape index (κ3) is 4.12. The molecular weight excluding hydrogens is 250 g/mol. The molecule has 20 heavy (non-hydrogen) atoms. The van der Waals surface area contributed by atoms with Gasteiger partial charge in [0.2, 0.25) is 0 Å². The average Bonchev–Trinajstić information content (AvgIpc) is 2.45. The monoisotopic (exact) mass is 277 g/mol. The number of rotatable bonds is 5. The van der Waals surface area contributed by atoms with Crippen molar-refractivity contribution in [3.05, 3.63) is 24.3 Å². The lowest BCUT2D eigenvalue weighted by Gasteiger charge is -2.37. The zero-order valence-electron chi connectivity index (χ0n) is 12.9. The van der Waals surface area contributed by atoms with E-state index >= 15 is 0 Å². The highest BCUT2D eigenvalue weighted by Crippen LogP contribution is 2.28. The Hall–Kier alpha value is -1.26. The Bertz CT molecular complexity index is 420. The number of nitrogens with zero attached hydrogens (tertiary/aromatic N) is 2. The molecule has 4 nitrogen and oxygen atoms in total. The molecule has 0 aromatic heterocycles. The van der Waals surface area contributed by atoms with E-state index < -0.39 is 0 Å². The molecule has 1 fully saturated rings. The van der Waals surface area contributed by atoms with Crippen LogP contribution in [0.4, 0.5) is 5.69 Å². The van der Waals surface area contributed by atoms with Crippen molar-refractivity contribution in [3.8, 4) is 5.75 Å². The van der Waals surface area contributed by atoms with Crippen molar-refractivity contribution >= 4 is 5.69 Å². The van der Waals surface area contributed by atoms with Gasteiger partial charge in [0.05, 0.1) is 12.8 Å². The summed E-state index contributed by atoms with van der Waals surface area (Å²) >= 11 is 0. The first kappa shape index (κ1) is 15.1. The molecule has 1 saturated heterocycles. The van der Waals surface area contributed by atoms with E-state index in [2.05, 4.69) is 35.8 Å². The van der Waals surface area contributed by atoms with Crippen molar-refractivity contribution in [2.24, 2.45) is 5.73 Å². The van der Waals surface area contributed by atoms with Gasteiger partial charge in [-0.15, -0.1) is 0 Å². The Kier molecular flexibility index (Phi) is 4.89. The summed E-state index contributed by atoms with van der Waals surface area (Å²) in [5.41, 5.74) is 7.19. The van der Waals surface area contributed by atoms with Crippen LogP contribution < -0.4 is 15.4 Å². The fraction of sp³-hybridized carbons (Fsp3) is 0.625. The van der Waals surface area contributed by atoms with E-state index in [0.29, 0.717) is 0 Å². The largest absolute Gasteiger partial charge is 0.495 e. The van der Waals surface area contributed by atoms with Crippen molar-refractivity contribution in [2.75, 3.05) is 44.7 Å². The van der Waals surface area contributed by atoms with Crippen LogP contribution in [0.2, 0.25) is 0 Å². The summed E-state index contributed by atoms with van der Waals surface area (Å²) in [6, 6.07) is 8.25. The standard InChI is InChI=1S/C16H27N3O/c1-16(2,17)8-9-18-10-12-19(13-11-18)14-6-4-5-7-15(14)20-3/h4-7H,8-13,17H2,1-3H3. The van der Waals surface area contributed by atoms with Crippen molar-refractivity contribution < 1.29 is 4.74 Å². The maximum absolute atomic E-state index is 6.06. The van der Waals surface area contributed by atoms with Crippen LogP contribution >= 0.6 is 0 Å². The Morgan fingerprint density at radius 1 is 1.15 bits per heavy atom. The first-order valence-corrected chi connectivity index (χ1v) is 7.39. The zero-order chi connectivity index (χ0) is 14.6. The Balaban J connectivity index is 1.88. The molecule has 0 bridgehead atoms. The summed E-state index contributed by atoms with van der Waals surface area (Å²) < 4.78 is 5.45. The predicted molar refractivity (Wildman–Crippen MR) is 84.5 cm³/mol. The lowest BCUT2D eigenvalue weighted by Crippen LogP contribution is -2.48. The molecule has 1 heterocycles. The third-order valence-electron chi connectivity index (χ3n) is 3.87. The fourth-order valence-corrected chi connectivity index (χ4v) is 2.55. The topological polar surface area (TPSA) is 41.7 Å². The number of anilines is 1. The number of methoxy groups -OCH3 is 1. The molecule has 1 aromatic rings. The SMILES string of the molecule is COc1ccccc1N1CCN(CCC(C)(C)N)CC1. The molecule has 1 aromatic carbocycles. The number of piperazine rings is 1. The molecule has 2 rings (SSSR count). The van der Waals surface area contributed by atoms with Crippen molar-refractivity contribution in [1.82, 2.24) is 4.90 Å². The first-order valence-electron chi connectivity index (χ1n) is 7.39. The van der Waals surface area contributed by atoms with E-state index in [0.717, 1.165) is 44.9 Å². The highest BCUT2D eigenvalue weighted by Gasteiger charge is 2.20. The van der Waals surface area contributed by atoms with E-state index in [1.165, 1.54) is 5.69 Å². The van der Waals surface area contributed by atoms with Gasteiger partial charge in [-0.1, -0.05) is 12.1 Å². The minimum atomic E-state index is -0.0697. The number of ether oxygens (including phenoxy) is 1. The van der Waals surface area contributed by atoms with Gasteiger partial charge in [-0.05, 0) is 32.4 Å². The molecule has 1 aliphatic heterocycles. The molecular formula is C16H27N3O. The van der Waals surface area contributed by atoms with Crippen LogP contribution in [0.15, 0.2) is 24.3 Å². The molecule has 0 amide bonds. The highest BCUT2D eigenvalue weighted by molar-refractivity contribution is 5.58. The maximum atomic E-state index is 6.06.